The Balaban J connectivity index is 1.60. The first-order chi connectivity index (χ1) is 12.5. The number of aryl methyl sites for hydroxylation is 1. The molecule has 7 heteroatoms. The minimum atomic E-state index is -3.64. The summed E-state index contributed by atoms with van der Waals surface area (Å²) in [5.74, 6) is 0.558. The second-order valence-corrected chi connectivity index (χ2v) is 9.06. The molecule has 1 fully saturated rings. The number of fused-ring (bicyclic) bond motifs is 1. The van der Waals surface area contributed by atoms with E-state index in [1.165, 1.54) is 24.8 Å². The van der Waals surface area contributed by atoms with Crippen LogP contribution in [0.1, 0.15) is 50.1 Å². The van der Waals surface area contributed by atoms with Gasteiger partial charge in [0.1, 0.15) is 5.82 Å². The van der Waals surface area contributed by atoms with Crippen LogP contribution in [0.5, 0.6) is 0 Å². The molecule has 26 heavy (non-hydrogen) atoms. The lowest BCUT2D eigenvalue weighted by molar-refractivity contribution is 0.333. The van der Waals surface area contributed by atoms with Gasteiger partial charge in [0.15, 0.2) is 0 Å². The summed E-state index contributed by atoms with van der Waals surface area (Å²) in [6, 6.07) is 7.47. The van der Waals surface area contributed by atoms with Crippen molar-refractivity contribution in [3.63, 3.8) is 0 Å². The Morgan fingerprint density at radius 1 is 1.12 bits per heavy atom. The average molecular weight is 375 g/mol. The molecule has 0 bridgehead atoms. The van der Waals surface area contributed by atoms with Gasteiger partial charge in [-0.3, -0.25) is 4.72 Å². The number of hydrogen-bond acceptors (Lipinski definition) is 4. The van der Waals surface area contributed by atoms with E-state index in [-0.39, 0.29) is 6.04 Å². The van der Waals surface area contributed by atoms with E-state index in [2.05, 4.69) is 14.7 Å². The van der Waals surface area contributed by atoms with Crippen LogP contribution in [0.4, 0.5) is 11.5 Å². The summed E-state index contributed by atoms with van der Waals surface area (Å²) < 4.78 is 30.5. The third-order valence-electron chi connectivity index (χ3n) is 5.55. The fourth-order valence-corrected chi connectivity index (χ4v) is 5.18. The standard InChI is InChI=1S/C19H26N4O2S/c1-22-13-5-6-15-9-10-17(14-18(15)22)26(24,25)21-19-11-12-20-23(19)16-7-3-2-4-8-16/h9-12,14,16,21H,2-8,13H2,1H3. The zero-order valence-electron chi connectivity index (χ0n) is 15.2. The predicted octanol–water partition coefficient (Wildman–Crippen LogP) is 3.57. The zero-order valence-corrected chi connectivity index (χ0v) is 16.0. The van der Waals surface area contributed by atoms with Gasteiger partial charge in [0, 0.05) is 25.3 Å². The van der Waals surface area contributed by atoms with Gasteiger partial charge in [-0.2, -0.15) is 5.10 Å². The lowest BCUT2D eigenvalue weighted by Crippen LogP contribution is -2.25. The zero-order chi connectivity index (χ0) is 18.1. The lowest BCUT2D eigenvalue weighted by Gasteiger charge is -2.28. The Bertz CT molecular complexity index is 885. The van der Waals surface area contributed by atoms with Crippen molar-refractivity contribution in [1.29, 1.82) is 0 Å². The Kier molecular flexibility index (Phi) is 4.65. The van der Waals surface area contributed by atoms with Gasteiger partial charge in [0.2, 0.25) is 0 Å². The van der Waals surface area contributed by atoms with E-state index in [4.69, 9.17) is 0 Å². The maximum Gasteiger partial charge on any atom is 0.263 e. The SMILES string of the molecule is CN1CCCc2ccc(S(=O)(=O)Nc3ccnn3C3CCCCC3)cc21. The molecule has 1 N–H and O–H groups in total. The molecule has 1 saturated carbocycles. The molecule has 1 aromatic carbocycles. The lowest BCUT2D eigenvalue weighted by atomic mass is 9.96. The van der Waals surface area contributed by atoms with Crippen LogP contribution in [0.3, 0.4) is 0 Å². The quantitative estimate of drug-likeness (QED) is 0.888. The van der Waals surface area contributed by atoms with Gasteiger partial charge in [0.05, 0.1) is 17.1 Å². The monoisotopic (exact) mass is 374 g/mol. The molecule has 4 rings (SSSR count). The molecule has 0 atom stereocenters. The van der Waals surface area contributed by atoms with Crippen LogP contribution in [0.15, 0.2) is 35.4 Å². The maximum absolute atomic E-state index is 13.0. The van der Waals surface area contributed by atoms with E-state index in [0.29, 0.717) is 10.7 Å². The molecular formula is C19H26N4O2S. The van der Waals surface area contributed by atoms with Crippen LogP contribution in [0.2, 0.25) is 0 Å². The van der Waals surface area contributed by atoms with Gasteiger partial charge in [-0.25, -0.2) is 13.1 Å². The normalized spacial score (nSPS) is 18.6. The molecule has 6 nitrogen and oxygen atoms in total. The van der Waals surface area contributed by atoms with Gasteiger partial charge >= 0.3 is 0 Å². The molecule has 2 aromatic rings. The Labute approximate surface area is 155 Å². The first-order valence-corrected chi connectivity index (χ1v) is 10.9. The van der Waals surface area contributed by atoms with Crippen molar-refractivity contribution >= 4 is 21.5 Å². The van der Waals surface area contributed by atoms with E-state index < -0.39 is 10.0 Å². The van der Waals surface area contributed by atoms with Crippen molar-refractivity contribution in [3.05, 3.63) is 36.0 Å². The first kappa shape index (κ1) is 17.4. The van der Waals surface area contributed by atoms with E-state index >= 15 is 0 Å². The smallest absolute Gasteiger partial charge is 0.263 e. The molecule has 0 amide bonds. The van der Waals surface area contributed by atoms with Crippen molar-refractivity contribution < 1.29 is 8.42 Å². The minimum absolute atomic E-state index is 0.283. The Morgan fingerprint density at radius 2 is 1.92 bits per heavy atom. The van der Waals surface area contributed by atoms with E-state index in [9.17, 15) is 8.42 Å². The maximum atomic E-state index is 13.0. The second kappa shape index (κ2) is 6.95. The highest BCUT2D eigenvalue weighted by Gasteiger charge is 2.23. The van der Waals surface area contributed by atoms with Crippen LogP contribution in [-0.2, 0) is 16.4 Å². The highest BCUT2D eigenvalue weighted by Crippen LogP contribution is 2.32. The largest absolute Gasteiger partial charge is 0.374 e. The molecule has 0 radical (unpaired) electrons. The summed E-state index contributed by atoms with van der Waals surface area (Å²) in [4.78, 5) is 2.44. The first-order valence-electron chi connectivity index (χ1n) is 9.45. The van der Waals surface area contributed by atoms with Crippen molar-refractivity contribution in [3.8, 4) is 0 Å². The molecule has 0 saturated heterocycles. The number of rotatable bonds is 4. The number of aromatic nitrogens is 2. The van der Waals surface area contributed by atoms with Crippen LogP contribution in [-0.4, -0.2) is 31.8 Å². The summed E-state index contributed by atoms with van der Waals surface area (Å²) in [5.41, 5.74) is 2.23. The molecule has 0 unspecified atom stereocenters. The molecule has 2 aliphatic rings. The fraction of sp³-hybridized carbons (Fsp3) is 0.526. The van der Waals surface area contributed by atoms with Crippen molar-refractivity contribution in [2.75, 3.05) is 23.2 Å². The molecule has 1 aliphatic carbocycles. The topological polar surface area (TPSA) is 67.2 Å². The fourth-order valence-electron chi connectivity index (χ4n) is 4.11. The number of nitrogens with zero attached hydrogens (tertiary/aromatic N) is 3. The number of hydrogen-bond donors (Lipinski definition) is 1. The summed E-state index contributed by atoms with van der Waals surface area (Å²) in [5, 5.41) is 4.38. The predicted molar refractivity (Wildman–Crippen MR) is 103 cm³/mol. The molecule has 1 aliphatic heterocycles. The summed E-state index contributed by atoms with van der Waals surface area (Å²) in [7, 11) is -1.62. The van der Waals surface area contributed by atoms with Crippen LogP contribution in [0.25, 0.3) is 0 Å². The second-order valence-electron chi connectivity index (χ2n) is 7.37. The number of sulfonamides is 1. The van der Waals surface area contributed by atoms with Gasteiger partial charge < -0.3 is 4.90 Å². The molecular weight excluding hydrogens is 348 g/mol. The number of nitrogens with one attached hydrogen (secondary N) is 1. The molecule has 0 spiro atoms. The van der Waals surface area contributed by atoms with Gasteiger partial charge in [0.25, 0.3) is 10.0 Å². The van der Waals surface area contributed by atoms with Gasteiger partial charge in [-0.05, 0) is 43.4 Å². The summed E-state index contributed by atoms with van der Waals surface area (Å²) in [6.07, 6.45) is 9.49. The van der Waals surface area contributed by atoms with Crippen LogP contribution < -0.4 is 9.62 Å². The molecule has 1 aromatic heterocycles. The van der Waals surface area contributed by atoms with E-state index in [1.54, 1.807) is 24.4 Å². The number of benzene rings is 1. The van der Waals surface area contributed by atoms with Crippen molar-refractivity contribution in [2.24, 2.45) is 0 Å². The number of anilines is 2. The minimum Gasteiger partial charge on any atom is -0.374 e. The van der Waals surface area contributed by atoms with E-state index in [1.807, 2.05) is 17.8 Å². The van der Waals surface area contributed by atoms with Gasteiger partial charge in [-0.1, -0.05) is 25.3 Å². The third kappa shape index (κ3) is 3.32. The van der Waals surface area contributed by atoms with Crippen molar-refractivity contribution in [1.82, 2.24) is 9.78 Å². The Morgan fingerprint density at radius 3 is 2.73 bits per heavy atom. The van der Waals surface area contributed by atoms with E-state index in [0.717, 1.165) is 37.9 Å². The average Bonchev–Trinajstić information content (AvgIpc) is 3.10. The summed E-state index contributed by atoms with van der Waals surface area (Å²) in [6.45, 7) is 0.957. The molecule has 140 valence electrons. The third-order valence-corrected chi connectivity index (χ3v) is 6.90. The van der Waals surface area contributed by atoms with Crippen molar-refractivity contribution in [2.45, 2.75) is 55.9 Å². The summed E-state index contributed by atoms with van der Waals surface area (Å²) >= 11 is 0. The van der Waals surface area contributed by atoms with Crippen LogP contribution in [0, 0.1) is 0 Å². The highest BCUT2D eigenvalue weighted by molar-refractivity contribution is 7.92. The van der Waals surface area contributed by atoms with Crippen LogP contribution >= 0.6 is 0 Å². The highest BCUT2D eigenvalue weighted by atomic mass is 32.2. The Hall–Kier alpha value is -2.02. The van der Waals surface area contributed by atoms with Gasteiger partial charge in [-0.15, -0.1) is 0 Å². The molecule has 2 heterocycles.